The zero-order chi connectivity index (χ0) is 20.9. The number of nitrogens with zero attached hydrogens (tertiary/aromatic N) is 4. The van der Waals surface area contributed by atoms with Crippen molar-refractivity contribution in [3.8, 4) is 10.4 Å². The maximum atomic E-state index is 12.3. The number of hydrogen-bond donors (Lipinski definition) is 2. The van der Waals surface area contributed by atoms with Crippen molar-refractivity contribution < 1.29 is 4.79 Å². The molecule has 2 aromatic rings. The van der Waals surface area contributed by atoms with Crippen LogP contribution < -0.4 is 15.5 Å². The van der Waals surface area contributed by atoms with Gasteiger partial charge in [-0.25, -0.2) is 4.98 Å². The third-order valence-electron chi connectivity index (χ3n) is 6.00. The number of thiophene rings is 1. The lowest BCUT2D eigenvalue weighted by Gasteiger charge is -2.33. The maximum Gasteiger partial charge on any atom is 0.238 e. The molecular formula is C22H32N6OS. The van der Waals surface area contributed by atoms with Gasteiger partial charge in [-0.3, -0.25) is 4.79 Å². The van der Waals surface area contributed by atoms with E-state index in [0.717, 1.165) is 73.4 Å². The molecule has 2 aromatic heterocycles. The van der Waals surface area contributed by atoms with Crippen molar-refractivity contribution in [3.05, 3.63) is 30.5 Å². The molecule has 30 heavy (non-hydrogen) atoms. The molecule has 0 spiro atoms. The molecule has 0 atom stereocenters. The molecule has 2 fully saturated rings. The van der Waals surface area contributed by atoms with Crippen LogP contribution in [0, 0.1) is 0 Å². The van der Waals surface area contributed by atoms with E-state index in [0.29, 0.717) is 12.6 Å². The minimum atomic E-state index is 0.0193. The van der Waals surface area contributed by atoms with E-state index >= 15 is 0 Å². The van der Waals surface area contributed by atoms with Gasteiger partial charge in [-0.1, -0.05) is 0 Å². The number of carbonyl (C=O) groups excluding carboxylic acids is 1. The molecule has 2 N–H and O–H groups in total. The monoisotopic (exact) mass is 428 g/mol. The predicted octanol–water partition coefficient (Wildman–Crippen LogP) is 2.18. The highest BCUT2D eigenvalue weighted by atomic mass is 32.1. The number of aromatic nitrogens is 1. The Labute approximate surface area is 183 Å². The van der Waals surface area contributed by atoms with Gasteiger partial charge in [0.05, 0.1) is 11.5 Å². The second-order valence-electron chi connectivity index (χ2n) is 8.37. The summed E-state index contributed by atoms with van der Waals surface area (Å²) in [5, 5.41) is 7.29. The first-order valence-electron chi connectivity index (χ1n) is 10.8. The number of nitrogens with one attached hydrogen (secondary N) is 2. The number of likely N-dealkylation sites (tertiary alicyclic amines) is 1. The molecule has 0 saturated carbocycles. The fraction of sp³-hybridized carbons (Fsp3) is 0.545. The highest BCUT2D eigenvalue weighted by molar-refractivity contribution is 7.19. The quantitative estimate of drug-likeness (QED) is 0.735. The van der Waals surface area contributed by atoms with E-state index in [4.69, 9.17) is 0 Å². The van der Waals surface area contributed by atoms with Crippen LogP contribution in [0.1, 0.15) is 12.8 Å². The summed E-state index contributed by atoms with van der Waals surface area (Å²) < 4.78 is 0. The Hall–Kier alpha value is -2.00. The Balaban J connectivity index is 1.27. The van der Waals surface area contributed by atoms with Gasteiger partial charge in [0.15, 0.2) is 0 Å². The molecular weight excluding hydrogens is 396 g/mol. The second kappa shape index (κ2) is 9.87. The maximum absolute atomic E-state index is 12.3. The van der Waals surface area contributed by atoms with Gasteiger partial charge < -0.3 is 25.3 Å². The summed E-state index contributed by atoms with van der Waals surface area (Å²) in [6.45, 7) is 6.73. The van der Waals surface area contributed by atoms with Crippen molar-refractivity contribution in [1.29, 1.82) is 0 Å². The van der Waals surface area contributed by atoms with E-state index in [1.165, 1.54) is 0 Å². The second-order valence-corrected chi connectivity index (χ2v) is 9.45. The number of anilines is 2. The molecule has 4 rings (SSSR count). The van der Waals surface area contributed by atoms with Gasteiger partial charge in [-0.2, -0.15) is 0 Å². The smallest absolute Gasteiger partial charge is 0.238 e. The van der Waals surface area contributed by atoms with Gasteiger partial charge in [0, 0.05) is 48.9 Å². The van der Waals surface area contributed by atoms with Gasteiger partial charge >= 0.3 is 0 Å². The lowest BCUT2D eigenvalue weighted by Crippen LogP contribution is -2.44. The summed E-state index contributed by atoms with van der Waals surface area (Å²) >= 11 is 1.59. The van der Waals surface area contributed by atoms with Gasteiger partial charge in [0.1, 0.15) is 5.82 Å². The molecule has 0 bridgehead atoms. The first-order chi connectivity index (χ1) is 14.6. The lowest BCUT2D eigenvalue weighted by molar-refractivity contribution is -0.115. The number of pyridine rings is 1. The molecule has 1 amide bonds. The van der Waals surface area contributed by atoms with E-state index in [1.54, 1.807) is 11.3 Å². The summed E-state index contributed by atoms with van der Waals surface area (Å²) in [4.78, 5) is 25.1. The minimum absolute atomic E-state index is 0.0193. The number of piperazine rings is 1. The average molecular weight is 429 g/mol. The summed E-state index contributed by atoms with van der Waals surface area (Å²) in [6, 6.07) is 8.69. The number of amides is 1. The van der Waals surface area contributed by atoms with Crippen molar-refractivity contribution in [1.82, 2.24) is 20.1 Å². The van der Waals surface area contributed by atoms with Crippen LogP contribution in [0.4, 0.5) is 10.8 Å². The zero-order valence-electron chi connectivity index (χ0n) is 17.9. The Morgan fingerprint density at radius 1 is 1.03 bits per heavy atom. The van der Waals surface area contributed by atoms with Crippen LogP contribution in [-0.2, 0) is 4.79 Å². The Morgan fingerprint density at radius 2 is 1.77 bits per heavy atom. The fourth-order valence-electron chi connectivity index (χ4n) is 3.95. The summed E-state index contributed by atoms with van der Waals surface area (Å²) in [5.74, 6) is 1.06. The van der Waals surface area contributed by atoms with Crippen molar-refractivity contribution in [2.75, 3.05) is 70.1 Å². The SMILES string of the molecule is CN1CCC(NCC(=O)Nc2ccc(-c3ccc(N4CCN(C)CC4)nc3)s2)CC1. The van der Waals surface area contributed by atoms with Crippen LogP contribution in [-0.4, -0.2) is 86.6 Å². The van der Waals surface area contributed by atoms with Gasteiger partial charge in [-0.05, 0) is 64.3 Å². The van der Waals surface area contributed by atoms with Crippen LogP contribution in [0.5, 0.6) is 0 Å². The van der Waals surface area contributed by atoms with Crippen molar-refractivity contribution in [3.63, 3.8) is 0 Å². The van der Waals surface area contributed by atoms with Gasteiger partial charge in [0.25, 0.3) is 0 Å². The molecule has 2 aliphatic heterocycles. The number of likely N-dealkylation sites (N-methyl/N-ethyl adjacent to an activating group) is 1. The van der Waals surface area contributed by atoms with Crippen molar-refractivity contribution >= 4 is 28.1 Å². The normalized spacial score (nSPS) is 19.2. The molecule has 4 heterocycles. The molecule has 0 aromatic carbocycles. The van der Waals surface area contributed by atoms with Crippen LogP contribution in [0.3, 0.4) is 0 Å². The third kappa shape index (κ3) is 5.57. The van der Waals surface area contributed by atoms with Crippen LogP contribution in [0.15, 0.2) is 30.5 Å². The minimum Gasteiger partial charge on any atom is -0.354 e. The standard InChI is InChI=1S/C22H32N6OS/c1-26-9-7-18(8-10-26)23-16-21(29)25-22-6-4-19(30-22)17-3-5-20(24-15-17)28-13-11-27(2)12-14-28/h3-6,15,18,23H,7-14,16H2,1-2H3,(H,25,29). The summed E-state index contributed by atoms with van der Waals surface area (Å²) in [7, 11) is 4.30. The Bertz CT molecular complexity index is 822. The molecule has 0 radical (unpaired) electrons. The van der Waals surface area contributed by atoms with E-state index in [2.05, 4.69) is 62.6 Å². The number of carbonyl (C=O) groups is 1. The third-order valence-corrected chi connectivity index (χ3v) is 7.05. The molecule has 162 valence electrons. The molecule has 0 aliphatic carbocycles. The molecule has 7 nitrogen and oxygen atoms in total. The molecule has 0 unspecified atom stereocenters. The molecule has 2 aliphatic rings. The van der Waals surface area contributed by atoms with Crippen LogP contribution in [0.2, 0.25) is 0 Å². The topological polar surface area (TPSA) is 63.7 Å². The van der Waals surface area contributed by atoms with Crippen molar-refractivity contribution in [2.24, 2.45) is 0 Å². The van der Waals surface area contributed by atoms with E-state index < -0.39 is 0 Å². The Morgan fingerprint density at radius 3 is 2.47 bits per heavy atom. The lowest BCUT2D eigenvalue weighted by atomic mass is 10.1. The zero-order valence-corrected chi connectivity index (χ0v) is 18.7. The van der Waals surface area contributed by atoms with E-state index in [-0.39, 0.29) is 5.91 Å². The van der Waals surface area contributed by atoms with Crippen LogP contribution >= 0.6 is 11.3 Å². The average Bonchev–Trinajstić information content (AvgIpc) is 3.22. The van der Waals surface area contributed by atoms with Crippen LogP contribution in [0.25, 0.3) is 10.4 Å². The van der Waals surface area contributed by atoms with Gasteiger partial charge in [-0.15, -0.1) is 11.3 Å². The van der Waals surface area contributed by atoms with Gasteiger partial charge in [0.2, 0.25) is 5.91 Å². The van der Waals surface area contributed by atoms with E-state index in [1.807, 2.05) is 12.3 Å². The number of piperidine rings is 1. The van der Waals surface area contributed by atoms with Crippen molar-refractivity contribution in [2.45, 2.75) is 18.9 Å². The van der Waals surface area contributed by atoms with E-state index in [9.17, 15) is 4.79 Å². The summed E-state index contributed by atoms with van der Waals surface area (Å²) in [6.07, 6.45) is 4.14. The highest BCUT2D eigenvalue weighted by Crippen LogP contribution is 2.31. The molecule has 2 saturated heterocycles. The number of hydrogen-bond acceptors (Lipinski definition) is 7. The predicted molar refractivity (Wildman–Crippen MR) is 124 cm³/mol. The highest BCUT2D eigenvalue weighted by Gasteiger charge is 2.18. The fourth-order valence-corrected chi connectivity index (χ4v) is 4.86. The first-order valence-corrected chi connectivity index (χ1v) is 11.6. The first kappa shape index (κ1) is 21.2. The largest absolute Gasteiger partial charge is 0.354 e. The molecule has 8 heteroatoms. The number of rotatable bonds is 6. The summed E-state index contributed by atoms with van der Waals surface area (Å²) in [5.41, 5.74) is 1.09. The Kier molecular flexibility index (Phi) is 6.99.